The van der Waals surface area contributed by atoms with Crippen molar-refractivity contribution >= 4 is 17.0 Å². The lowest BCUT2D eigenvalue weighted by molar-refractivity contribution is -0.207. The van der Waals surface area contributed by atoms with Crippen molar-refractivity contribution in [2.75, 3.05) is 7.11 Å². The summed E-state index contributed by atoms with van der Waals surface area (Å²) in [4.78, 5) is 12.3. The first kappa shape index (κ1) is 20.1. The molecule has 0 heterocycles. The van der Waals surface area contributed by atoms with Crippen LogP contribution in [0.4, 0.5) is 13.2 Å². The Hall–Kier alpha value is -2.19. The Balaban J connectivity index is 2.46. The number of hydrogen-bond donors (Lipinski definition) is 1. The number of rotatable bonds is 6. The largest absolute Gasteiger partial charge is 0.467 e. The molecule has 0 radical (unpaired) electrons. The van der Waals surface area contributed by atoms with Crippen molar-refractivity contribution in [2.45, 2.75) is 30.0 Å². The third kappa shape index (κ3) is 4.31. The second-order valence-corrected chi connectivity index (χ2v) is 6.95. The number of carbonyl (C=O) groups is 1. The fraction of sp³-hybridized carbons (Fsp3) is 0.278. The molecule has 0 fully saturated rings. The minimum atomic E-state index is -5.03. The van der Waals surface area contributed by atoms with E-state index < -0.39 is 35.1 Å². The second-order valence-electron chi connectivity index (χ2n) is 5.74. The van der Waals surface area contributed by atoms with Gasteiger partial charge >= 0.3 is 12.1 Å². The maximum absolute atomic E-state index is 13.9. The molecule has 0 saturated carbocycles. The summed E-state index contributed by atoms with van der Waals surface area (Å²) in [6, 6.07) is 13.8. The molecule has 4 nitrogen and oxygen atoms in total. The molecule has 2 aromatic carbocycles. The van der Waals surface area contributed by atoms with E-state index in [1.807, 2.05) is 4.72 Å². The van der Waals surface area contributed by atoms with Crippen molar-refractivity contribution in [1.29, 1.82) is 0 Å². The molecule has 2 aromatic rings. The molecule has 2 rings (SSSR count). The van der Waals surface area contributed by atoms with E-state index in [0.717, 1.165) is 12.7 Å². The first-order chi connectivity index (χ1) is 12.2. The van der Waals surface area contributed by atoms with E-state index in [1.54, 1.807) is 37.3 Å². The Kier molecular flexibility index (Phi) is 6.20. The van der Waals surface area contributed by atoms with Crippen LogP contribution in [0.3, 0.4) is 0 Å². The van der Waals surface area contributed by atoms with Crippen LogP contribution in [0.15, 0.2) is 59.5 Å². The third-order valence-corrected chi connectivity index (χ3v) is 5.07. The normalized spacial score (nSPS) is 15.1. The Bertz CT molecular complexity index is 779. The molecule has 1 N–H and O–H groups in total. The average Bonchev–Trinajstić information content (AvgIpc) is 2.60. The van der Waals surface area contributed by atoms with Gasteiger partial charge in [0.15, 0.2) is 0 Å². The molecule has 0 amide bonds. The zero-order valence-electron chi connectivity index (χ0n) is 14.2. The number of benzene rings is 2. The van der Waals surface area contributed by atoms with Crippen LogP contribution >= 0.6 is 0 Å². The lowest BCUT2D eigenvalue weighted by atomic mass is 9.91. The van der Waals surface area contributed by atoms with Gasteiger partial charge in [0.2, 0.25) is 5.54 Å². The molecule has 0 aliphatic carbocycles. The number of halogens is 3. The van der Waals surface area contributed by atoms with Crippen LogP contribution in [-0.4, -0.2) is 29.0 Å². The van der Waals surface area contributed by atoms with Crippen molar-refractivity contribution in [3.8, 4) is 0 Å². The first-order valence-electron chi connectivity index (χ1n) is 7.65. The number of methoxy groups -OCH3 is 1. The molecule has 0 aliphatic heterocycles. The van der Waals surface area contributed by atoms with Crippen molar-refractivity contribution in [1.82, 2.24) is 4.72 Å². The Morgan fingerprint density at radius 2 is 1.65 bits per heavy atom. The number of nitrogens with one attached hydrogen (secondary N) is 1. The maximum Gasteiger partial charge on any atom is 0.418 e. The zero-order valence-corrected chi connectivity index (χ0v) is 15.0. The van der Waals surface area contributed by atoms with Crippen LogP contribution in [0.2, 0.25) is 0 Å². The van der Waals surface area contributed by atoms with Crippen molar-refractivity contribution in [2.24, 2.45) is 0 Å². The Morgan fingerprint density at radius 1 is 1.08 bits per heavy atom. The van der Waals surface area contributed by atoms with Gasteiger partial charge in [0.05, 0.1) is 12.0 Å². The summed E-state index contributed by atoms with van der Waals surface area (Å²) >= 11 is 0. The highest BCUT2D eigenvalue weighted by molar-refractivity contribution is 7.83. The molecule has 1 unspecified atom stereocenters. The Morgan fingerprint density at radius 3 is 2.15 bits per heavy atom. The lowest BCUT2D eigenvalue weighted by Gasteiger charge is -2.33. The van der Waals surface area contributed by atoms with E-state index in [-0.39, 0.29) is 10.5 Å². The molecule has 140 valence electrons. The fourth-order valence-electron chi connectivity index (χ4n) is 2.38. The van der Waals surface area contributed by atoms with E-state index in [0.29, 0.717) is 0 Å². The van der Waals surface area contributed by atoms with E-state index in [1.165, 1.54) is 24.3 Å². The van der Waals surface area contributed by atoms with Gasteiger partial charge in [-0.2, -0.15) is 13.2 Å². The topological polar surface area (TPSA) is 55.4 Å². The van der Waals surface area contributed by atoms with Crippen LogP contribution in [0.1, 0.15) is 11.1 Å². The van der Waals surface area contributed by atoms with E-state index in [2.05, 4.69) is 4.74 Å². The Labute approximate surface area is 152 Å². The highest BCUT2D eigenvalue weighted by Gasteiger charge is 2.62. The number of aryl methyl sites for hydroxylation is 1. The first-order valence-corrected chi connectivity index (χ1v) is 8.80. The number of carbonyl (C=O) groups excluding carboxylic acids is 1. The second kappa shape index (κ2) is 8.01. The van der Waals surface area contributed by atoms with Gasteiger partial charge < -0.3 is 4.74 Å². The van der Waals surface area contributed by atoms with Crippen LogP contribution in [0.5, 0.6) is 0 Å². The van der Waals surface area contributed by atoms with Gasteiger partial charge in [-0.25, -0.2) is 13.7 Å². The molecule has 0 bridgehead atoms. The zero-order chi connectivity index (χ0) is 19.4. The monoisotopic (exact) mass is 385 g/mol. The molecule has 0 saturated heterocycles. The highest BCUT2D eigenvalue weighted by atomic mass is 32.2. The average molecular weight is 385 g/mol. The lowest BCUT2D eigenvalue weighted by Crippen LogP contribution is -2.64. The molecule has 0 aliphatic rings. The summed E-state index contributed by atoms with van der Waals surface area (Å²) in [5.74, 6) is -1.55. The number of alkyl halides is 3. The molecule has 26 heavy (non-hydrogen) atoms. The summed E-state index contributed by atoms with van der Waals surface area (Å²) in [5, 5.41) is 0. The molecular formula is C18H18F3NO3S. The van der Waals surface area contributed by atoms with Crippen molar-refractivity contribution in [3.05, 3.63) is 65.7 Å². The third-order valence-electron chi connectivity index (χ3n) is 3.83. The van der Waals surface area contributed by atoms with Gasteiger partial charge in [-0.3, -0.25) is 0 Å². The van der Waals surface area contributed by atoms with Crippen molar-refractivity contribution < 1.29 is 26.9 Å². The van der Waals surface area contributed by atoms with E-state index >= 15 is 0 Å². The van der Waals surface area contributed by atoms with Gasteiger partial charge in [-0.15, -0.1) is 0 Å². The summed E-state index contributed by atoms with van der Waals surface area (Å²) in [6.45, 7) is 1.80. The van der Waals surface area contributed by atoms with Crippen LogP contribution in [0.25, 0.3) is 0 Å². The molecular weight excluding hydrogens is 367 g/mol. The minimum absolute atomic E-state index is 0.126. The summed E-state index contributed by atoms with van der Waals surface area (Å²) in [5.41, 5.74) is -2.02. The predicted octanol–water partition coefficient (Wildman–Crippen LogP) is 3.32. The summed E-state index contributed by atoms with van der Waals surface area (Å²) in [6.07, 6.45) is -5.78. The summed E-state index contributed by atoms with van der Waals surface area (Å²) < 4.78 is 60.7. The van der Waals surface area contributed by atoms with E-state index in [9.17, 15) is 22.2 Å². The molecule has 0 aromatic heterocycles. The standard InChI is InChI=1S/C18H18F3NO3S/c1-13-8-10-15(11-9-13)26(24)22-17(16(23)25-2,18(19,20)21)12-14-6-4-3-5-7-14/h3-11,22H,12H2,1-2H3/t17-,26?/m0/s1. The van der Waals surface area contributed by atoms with Crippen LogP contribution in [0, 0.1) is 6.92 Å². The SMILES string of the molecule is COC(=O)[C@](Cc1ccccc1)(NS(=O)c1ccc(C)cc1)C(F)(F)F. The minimum Gasteiger partial charge on any atom is -0.467 e. The van der Waals surface area contributed by atoms with Crippen LogP contribution in [-0.2, 0) is 26.9 Å². The molecule has 2 atom stereocenters. The van der Waals surface area contributed by atoms with Gasteiger partial charge in [0, 0.05) is 6.42 Å². The van der Waals surface area contributed by atoms with Crippen LogP contribution < -0.4 is 4.72 Å². The van der Waals surface area contributed by atoms with Gasteiger partial charge in [-0.1, -0.05) is 48.0 Å². The highest BCUT2D eigenvalue weighted by Crippen LogP contribution is 2.35. The predicted molar refractivity (Wildman–Crippen MR) is 91.7 cm³/mol. The smallest absolute Gasteiger partial charge is 0.418 e. The quantitative estimate of drug-likeness (QED) is 0.776. The number of ether oxygens (including phenoxy) is 1. The number of hydrogen-bond acceptors (Lipinski definition) is 3. The molecule has 0 spiro atoms. The number of esters is 1. The summed E-state index contributed by atoms with van der Waals surface area (Å²) in [7, 11) is -1.41. The van der Waals surface area contributed by atoms with Gasteiger partial charge in [0.25, 0.3) is 0 Å². The molecule has 8 heteroatoms. The van der Waals surface area contributed by atoms with Gasteiger partial charge in [0.1, 0.15) is 11.0 Å². The van der Waals surface area contributed by atoms with Crippen molar-refractivity contribution in [3.63, 3.8) is 0 Å². The fourth-order valence-corrected chi connectivity index (χ4v) is 3.47. The van der Waals surface area contributed by atoms with Gasteiger partial charge in [-0.05, 0) is 24.6 Å². The maximum atomic E-state index is 13.9. The van der Waals surface area contributed by atoms with E-state index in [4.69, 9.17) is 0 Å².